The van der Waals surface area contributed by atoms with Gasteiger partial charge in [-0.3, -0.25) is 4.79 Å². The second kappa shape index (κ2) is 7.53. The highest BCUT2D eigenvalue weighted by Gasteiger charge is 2.27. The Labute approximate surface area is 150 Å². The van der Waals surface area contributed by atoms with Gasteiger partial charge in [0.25, 0.3) is 5.91 Å². The Kier molecular flexibility index (Phi) is 5.41. The molecule has 0 aliphatic carbocycles. The molecule has 126 valence electrons. The van der Waals surface area contributed by atoms with Crippen molar-refractivity contribution in [2.75, 3.05) is 13.2 Å². The van der Waals surface area contributed by atoms with E-state index in [0.29, 0.717) is 22.2 Å². The number of rotatable bonds is 4. The minimum Gasteiger partial charge on any atom is -0.387 e. The molecule has 4 nitrogen and oxygen atoms in total. The van der Waals surface area contributed by atoms with Gasteiger partial charge in [-0.2, -0.15) is 0 Å². The minimum absolute atomic E-state index is 0.0439. The Balaban J connectivity index is 1.66. The summed E-state index contributed by atoms with van der Waals surface area (Å²) in [5, 5.41) is 13.8. The Hall–Kier alpha value is -1.59. The van der Waals surface area contributed by atoms with E-state index in [4.69, 9.17) is 27.9 Å². The number of fused-ring (bicyclic) bond motifs is 1. The number of amides is 1. The number of hydrogen-bond donors (Lipinski definition) is 2. The molecule has 2 atom stereocenters. The van der Waals surface area contributed by atoms with E-state index in [1.54, 1.807) is 18.2 Å². The molecule has 2 N–H and O–H groups in total. The molecule has 6 heteroatoms. The number of benzene rings is 2. The monoisotopic (exact) mass is 365 g/mol. The molecule has 2 aromatic rings. The zero-order chi connectivity index (χ0) is 17.1. The fourth-order valence-corrected chi connectivity index (χ4v) is 3.32. The number of hydrogen-bond acceptors (Lipinski definition) is 3. The van der Waals surface area contributed by atoms with Crippen LogP contribution in [-0.4, -0.2) is 24.2 Å². The Morgan fingerprint density at radius 2 is 2.08 bits per heavy atom. The first-order valence-corrected chi connectivity index (χ1v) is 8.42. The van der Waals surface area contributed by atoms with Gasteiger partial charge in [0.15, 0.2) is 6.10 Å². The number of carbonyl (C=O) groups excluding carboxylic acids is 1. The maximum absolute atomic E-state index is 12.4. The Morgan fingerprint density at radius 1 is 1.29 bits per heavy atom. The SMILES string of the molecule is O=C(NC[C@H](O)c1ccc(Cl)cc1Cl)[C@H]1OCCc2ccccc21. The van der Waals surface area contributed by atoms with Gasteiger partial charge in [-0.05, 0) is 29.7 Å². The minimum atomic E-state index is -0.919. The van der Waals surface area contributed by atoms with Crippen LogP contribution in [0.5, 0.6) is 0 Å². The number of halogens is 2. The van der Waals surface area contributed by atoms with E-state index in [9.17, 15) is 9.90 Å². The van der Waals surface area contributed by atoms with Crippen molar-refractivity contribution in [3.05, 3.63) is 69.2 Å². The molecule has 0 unspecified atom stereocenters. The van der Waals surface area contributed by atoms with Gasteiger partial charge in [-0.15, -0.1) is 0 Å². The van der Waals surface area contributed by atoms with E-state index in [0.717, 1.165) is 17.5 Å². The number of carbonyl (C=O) groups is 1. The summed E-state index contributed by atoms with van der Waals surface area (Å²) >= 11 is 11.9. The van der Waals surface area contributed by atoms with E-state index < -0.39 is 12.2 Å². The number of aliphatic hydroxyl groups is 1. The lowest BCUT2D eigenvalue weighted by molar-refractivity contribution is -0.134. The quantitative estimate of drug-likeness (QED) is 0.872. The maximum atomic E-state index is 12.4. The zero-order valence-electron chi connectivity index (χ0n) is 12.8. The van der Waals surface area contributed by atoms with Crippen LogP contribution in [0.1, 0.15) is 28.9 Å². The number of aliphatic hydroxyl groups excluding tert-OH is 1. The van der Waals surface area contributed by atoms with Gasteiger partial charge in [0.05, 0.1) is 12.7 Å². The van der Waals surface area contributed by atoms with Gasteiger partial charge in [0.1, 0.15) is 0 Å². The number of nitrogens with one attached hydrogen (secondary N) is 1. The molecule has 1 aliphatic rings. The van der Waals surface area contributed by atoms with Gasteiger partial charge in [-0.1, -0.05) is 53.5 Å². The summed E-state index contributed by atoms with van der Waals surface area (Å²) in [5.41, 5.74) is 2.51. The van der Waals surface area contributed by atoms with Crippen LogP contribution < -0.4 is 5.32 Å². The largest absolute Gasteiger partial charge is 0.387 e. The highest BCUT2D eigenvalue weighted by molar-refractivity contribution is 6.35. The normalized spacial score (nSPS) is 17.9. The van der Waals surface area contributed by atoms with Crippen LogP contribution >= 0.6 is 23.2 Å². The first-order chi connectivity index (χ1) is 11.6. The predicted molar refractivity (Wildman–Crippen MR) is 93.3 cm³/mol. The Bertz CT molecular complexity index is 751. The average Bonchev–Trinajstić information content (AvgIpc) is 2.59. The summed E-state index contributed by atoms with van der Waals surface area (Å²) in [6.07, 6.45) is -0.774. The van der Waals surface area contributed by atoms with E-state index in [1.165, 1.54) is 0 Å². The van der Waals surface area contributed by atoms with Crippen molar-refractivity contribution in [1.82, 2.24) is 5.32 Å². The second-order valence-corrected chi connectivity index (χ2v) is 6.47. The standard InChI is InChI=1S/C18H17Cl2NO3/c19-12-5-6-14(15(20)9-12)16(22)10-21-18(23)17-13-4-2-1-3-11(13)7-8-24-17/h1-6,9,16-17,22H,7-8,10H2,(H,21,23)/t16-,17-/m0/s1. The van der Waals surface area contributed by atoms with Gasteiger partial charge < -0.3 is 15.2 Å². The highest BCUT2D eigenvalue weighted by atomic mass is 35.5. The van der Waals surface area contributed by atoms with Crippen LogP contribution in [0.3, 0.4) is 0 Å². The van der Waals surface area contributed by atoms with Crippen molar-refractivity contribution in [3.8, 4) is 0 Å². The molecular formula is C18H17Cl2NO3. The molecule has 0 aromatic heterocycles. The molecule has 1 aliphatic heterocycles. The lowest BCUT2D eigenvalue weighted by Crippen LogP contribution is -2.36. The van der Waals surface area contributed by atoms with Crippen LogP contribution in [0, 0.1) is 0 Å². The van der Waals surface area contributed by atoms with Gasteiger partial charge in [-0.25, -0.2) is 0 Å². The van der Waals surface area contributed by atoms with Crippen LogP contribution in [0.15, 0.2) is 42.5 Å². The molecule has 0 fully saturated rings. The first kappa shape index (κ1) is 17.2. The van der Waals surface area contributed by atoms with E-state index in [2.05, 4.69) is 5.32 Å². The van der Waals surface area contributed by atoms with Crippen LogP contribution in [0.25, 0.3) is 0 Å². The lowest BCUT2D eigenvalue weighted by atomic mass is 9.97. The average molecular weight is 366 g/mol. The fourth-order valence-electron chi connectivity index (χ4n) is 2.78. The third-order valence-electron chi connectivity index (χ3n) is 4.02. The van der Waals surface area contributed by atoms with E-state index >= 15 is 0 Å². The molecule has 2 aromatic carbocycles. The summed E-state index contributed by atoms with van der Waals surface area (Å²) in [6.45, 7) is 0.545. The van der Waals surface area contributed by atoms with Crippen molar-refractivity contribution < 1.29 is 14.6 Å². The van der Waals surface area contributed by atoms with E-state index in [1.807, 2.05) is 24.3 Å². The van der Waals surface area contributed by atoms with Crippen molar-refractivity contribution in [3.63, 3.8) is 0 Å². The topological polar surface area (TPSA) is 58.6 Å². The van der Waals surface area contributed by atoms with Crippen molar-refractivity contribution in [2.24, 2.45) is 0 Å². The second-order valence-electron chi connectivity index (χ2n) is 5.63. The summed E-state index contributed by atoms with van der Waals surface area (Å²) in [7, 11) is 0. The molecular weight excluding hydrogens is 349 g/mol. The molecule has 3 rings (SSSR count). The highest BCUT2D eigenvalue weighted by Crippen LogP contribution is 2.28. The molecule has 0 spiro atoms. The molecule has 1 amide bonds. The van der Waals surface area contributed by atoms with Crippen LogP contribution in [0.4, 0.5) is 0 Å². The molecule has 0 saturated carbocycles. The number of ether oxygens (including phenoxy) is 1. The summed E-state index contributed by atoms with van der Waals surface area (Å²) < 4.78 is 5.61. The predicted octanol–water partition coefficient (Wildman–Crippen LogP) is 3.46. The zero-order valence-corrected chi connectivity index (χ0v) is 14.3. The fraction of sp³-hybridized carbons (Fsp3) is 0.278. The Morgan fingerprint density at radius 3 is 2.88 bits per heavy atom. The van der Waals surface area contributed by atoms with Crippen LogP contribution in [-0.2, 0) is 16.0 Å². The van der Waals surface area contributed by atoms with Crippen LogP contribution in [0.2, 0.25) is 10.0 Å². The third-order valence-corrected chi connectivity index (χ3v) is 4.59. The van der Waals surface area contributed by atoms with Crippen molar-refractivity contribution >= 4 is 29.1 Å². The van der Waals surface area contributed by atoms with Gasteiger partial charge in [0.2, 0.25) is 0 Å². The summed E-state index contributed by atoms with van der Waals surface area (Å²) in [5.74, 6) is -0.272. The summed E-state index contributed by atoms with van der Waals surface area (Å²) in [4.78, 5) is 12.4. The van der Waals surface area contributed by atoms with Crippen molar-refractivity contribution in [1.29, 1.82) is 0 Å². The lowest BCUT2D eigenvalue weighted by Gasteiger charge is -2.25. The van der Waals surface area contributed by atoms with E-state index in [-0.39, 0.29) is 12.5 Å². The molecule has 0 radical (unpaired) electrons. The molecule has 0 bridgehead atoms. The first-order valence-electron chi connectivity index (χ1n) is 7.66. The molecule has 1 heterocycles. The smallest absolute Gasteiger partial charge is 0.253 e. The summed E-state index contributed by atoms with van der Waals surface area (Å²) in [6, 6.07) is 12.6. The van der Waals surface area contributed by atoms with Gasteiger partial charge >= 0.3 is 0 Å². The van der Waals surface area contributed by atoms with Crippen molar-refractivity contribution in [2.45, 2.75) is 18.6 Å². The molecule has 0 saturated heterocycles. The van der Waals surface area contributed by atoms with Gasteiger partial charge in [0, 0.05) is 22.2 Å². The third kappa shape index (κ3) is 3.73. The maximum Gasteiger partial charge on any atom is 0.253 e. The molecule has 24 heavy (non-hydrogen) atoms.